The average Bonchev–Trinajstić information content (AvgIpc) is 3.04. The molecule has 1 nitrogen and oxygen atoms in total. The van der Waals surface area contributed by atoms with Crippen LogP contribution in [0.5, 0.6) is 0 Å². The molecule has 3 aromatic carbocycles. The first kappa shape index (κ1) is 16.2. The second kappa shape index (κ2) is 6.89. The summed E-state index contributed by atoms with van der Waals surface area (Å²) in [5.41, 5.74) is 6.04. The molecular formula is C25H21N. The summed E-state index contributed by atoms with van der Waals surface area (Å²) >= 11 is 0. The van der Waals surface area contributed by atoms with E-state index in [-0.39, 0.29) is 0 Å². The molecule has 0 atom stereocenters. The Kier molecular flexibility index (Phi) is 4.28. The van der Waals surface area contributed by atoms with Crippen molar-refractivity contribution in [1.29, 1.82) is 0 Å². The molecule has 0 aliphatic carbocycles. The van der Waals surface area contributed by atoms with Crippen molar-refractivity contribution < 1.29 is 0 Å². The quantitative estimate of drug-likeness (QED) is 0.356. The van der Waals surface area contributed by atoms with Crippen molar-refractivity contribution >= 4 is 27.4 Å². The third-order valence-electron chi connectivity index (χ3n) is 4.76. The van der Waals surface area contributed by atoms with Crippen LogP contribution in [0.4, 0.5) is 0 Å². The van der Waals surface area contributed by atoms with Gasteiger partial charge in [0.2, 0.25) is 0 Å². The highest BCUT2D eigenvalue weighted by molar-refractivity contribution is 6.09. The Morgan fingerprint density at radius 3 is 1.92 bits per heavy atom. The molecule has 0 fully saturated rings. The monoisotopic (exact) mass is 335 g/mol. The fourth-order valence-corrected chi connectivity index (χ4v) is 3.53. The maximum absolute atomic E-state index is 3.75. The molecule has 26 heavy (non-hydrogen) atoms. The van der Waals surface area contributed by atoms with Gasteiger partial charge in [0.05, 0.1) is 11.0 Å². The van der Waals surface area contributed by atoms with E-state index in [9.17, 15) is 0 Å². The second-order valence-electron chi connectivity index (χ2n) is 6.26. The molecule has 0 aliphatic heterocycles. The van der Waals surface area contributed by atoms with Gasteiger partial charge in [-0.15, -0.1) is 0 Å². The maximum Gasteiger partial charge on any atom is 0.0541 e. The van der Waals surface area contributed by atoms with E-state index in [1.165, 1.54) is 38.6 Å². The van der Waals surface area contributed by atoms with Crippen molar-refractivity contribution in [2.24, 2.45) is 0 Å². The number of para-hydroxylation sites is 2. The predicted octanol–water partition coefficient (Wildman–Crippen LogP) is 6.93. The Morgan fingerprint density at radius 1 is 0.808 bits per heavy atom. The summed E-state index contributed by atoms with van der Waals surface area (Å²) in [6.07, 6.45) is 7.98. The lowest BCUT2D eigenvalue weighted by Gasteiger charge is -2.09. The normalized spacial score (nSPS) is 12.3. The van der Waals surface area contributed by atoms with Gasteiger partial charge in [-0.05, 0) is 42.3 Å². The molecule has 4 aromatic rings. The van der Waals surface area contributed by atoms with Gasteiger partial charge in [-0.2, -0.15) is 0 Å². The Hall–Kier alpha value is -3.32. The Bertz CT molecular complexity index is 1080. The van der Waals surface area contributed by atoms with E-state index >= 15 is 0 Å². The van der Waals surface area contributed by atoms with Gasteiger partial charge < -0.3 is 4.57 Å². The Morgan fingerprint density at radius 2 is 1.38 bits per heavy atom. The number of aromatic nitrogens is 1. The van der Waals surface area contributed by atoms with Crippen LogP contribution in [0.3, 0.4) is 0 Å². The van der Waals surface area contributed by atoms with Crippen LogP contribution < -0.4 is 0 Å². The van der Waals surface area contributed by atoms with Crippen LogP contribution >= 0.6 is 0 Å². The van der Waals surface area contributed by atoms with E-state index in [1.54, 1.807) is 6.08 Å². The van der Waals surface area contributed by atoms with Crippen LogP contribution in [-0.2, 0) is 0 Å². The summed E-state index contributed by atoms with van der Waals surface area (Å²) in [4.78, 5) is 0. The molecule has 0 N–H and O–H groups in total. The summed E-state index contributed by atoms with van der Waals surface area (Å²) in [5.74, 6) is 0. The number of allylic oxidation sites excluding steroid dienone is 5. The van der Waals surface area contributed by atoms with Crippen LogP contribution in [-0.4, -0.2) is 4.57 Å². The van der Waals surface area contributed by atoms with Crippen LogP contribution in [0, 0.1) is 0 Å². The molecule has 0 amide bonds. The average molecular weight is 335 g/mol. The van der Waals surface area contributed by atoms with Gasteiger partial charge in [-0.25, -0.2) is 0 Å². The highest BCUT2D eigenvalue weighted by atomic mass is 15.0. The minimum atomic E-state index is 1.18. The van der Waals surface area contributed by atoms with E-state index in [4.69, 9.17) is 0 Å². The van der Waals surface area contributed by atoms with Crippen molar-refractivity contribution in [2.75, 3.05) is 0 Å². The molecule has 0 unspecified atom stereocenters. The number of fused-ring (bicyclic) bond motifs is 3. The van der Waals surface area contributed by atoms with Crippen molar-refractivity contribution in [3.05, 3.63) is 109 Å². The molecule has 1 aromatic heterocycles. The lowest BCUT2D eigenvalue weighted by Crippen LogP contribution is -1.94. The van der Waals surface area contributed by atoms with E-state index in [0.29, 0.717) is 0 Å². The number of hydrogen-bond acceptors (Lipinski definition) is 0. The zero-order valence-electron chi connectivity index (χ0n) is 14.9. The predicted molar refractivity (Wildman–Crippen MR) is 114 cm³/mol. The molecule has 1 heterocycles. The van der Waals surface area contributed by atoms with Crippen molar-refractivity contribution in [2.45, 2.75) is 6.92 Å². The molecule has 1 heteroatoms. The zero-order chi connectivity index (χ0) is 17.9. The molecule has 0 saturated carbocycles. The molecule has 0 aliphatic rings. The van der Waals surface area contributed by atoms with Gasteiger partial charge in [-0.1, -0.05) is 79.4 Å². The van der Waals surface area contributed by atoms with Crippen molar-refractivity contribution in [3.63, 3.8) is 0 Å². The summed E-state index contributed by atoms with van der Waals surface area (Å²) in [7, 11) is 0. The van der Waals surface area contributed by atoms with Gasteiger partial charge in [0, 0.05) is 16.5 Å². The molecular weight excluding hydrogens is 314 g/mol. The Balaban J connectivity index is 1.88. The highest BCUT2D eigenvalue weighted by Crippen LogP contribution is 2.32. The number of nitrogens with zero attached hydrogens (tertiary/aromatic N) is 1. The topological polar surface area (TPSA) is 4.93 Å². The van der Waals surface area contributed by atoms with E-state index in [1.807, 2.05) is 6.08 Å². The van der Waals surface area contributed by atoms with E-state index in [0.717, 1.165) is 0 Å². The summed E-state index contributed by atoms with van der Waals surface area (Å²) in [5, 5.41) is 2.57. The number of benzene rings is 3. The minimum Gasteiger partial charge on any atom is -0.309 e. The highest BCUT2D eigenvalue weighted by Gasteiger charge is 2.11. The third kappa shape index (κ3) is 2.68. The first-order valence-corrected chi connectivity index (χ1v) is 8.88. The first-order chi connectivity index (χ1) is 12.8. The van der Waals surface area contributed by atoms with Gasteiger partial charge in [0.15, 0.2) is 0 Å². The van der Waals surface area contributed by atoms with Gasteiger partial charge >= 0.3 is 0 Å². The smallest absolute Gasteiger partial charge is 0.0541 e. The summed E-state index contributed by atoms with van der Waals surface area (Å²) in [6, 6.07) is 25.9. The number of hydrogen-bond donors (Lipinski definition) is 0. The van der Waals surface area contributed by atoms with E-state index in [2.05, 4.69) is 103 Å². The van der Waals surface area contributed by atoms with Gasteiger partial charge in [0.25, 0.3) is 0 Å². The van der Waals surface area contributed by atoms with Crippen LogP contribution in [0.15, 0.2) is 104 Å². The van der Waals surface area contributed by atoms with Crippen LogP contribution in [0.1, 0.15) is 12.5 Å². The minimum absolute atomic E-state index is 1.18. The fraction of sp³-hybridized carbons (Fsp3) is 0.0400. The summed E-state index contributed by atoms with van der Waals surface area (Å²) < 4.78 is 2.34. The molecule has 0 bridgehead atoms. The molecule has 4 rings (SSSR count). The number of rotatable bonds is 4. The summed E-state index contributed by atoms with van der Waals surface area (Å²) in [6.45, 7) is 5.81. The zero-order valence-corrected chi connectivity index (χ0v) is 14.9. The second-order valence-corrected chi connectivity index (χ2v) is 6.26. The van der Waals surface area contributed by atoms with Gasteiger partial charge in [-0.3, -0.25) is 0 Å². The SMILES string of the molecule is C=C/C=C\C(=C/C)c1ccc(-n2c3ccccc3c3ccccc32)cc1. The third-order valence-corrected chi connectivity index (χ3v) is 4.76. The van der Waals surface area contributed by atoms with Crippen molar-refractivity contribution in [1.82, 2.24) is 4.57 Å². The van der Waals surface area contributed by atoms with E-state index < -0.39 is 0 Å². The standard InChI is InChI=1S/C25H21N/c1-3-5-10-19(4-2)20-15-17-21(18-16-20)26-24-13-8-6-11-22(24)23-12-7-9-14-25(23)26/h3-18H,1H2,2H3/b10-5-,19-4+. The molecule has 126 valence electrons. The maximum atomic E-state index is 3.75. The lowest BCUT2D eigenvalue weighted by molar-refractivity contribution is 1.18. The molecule has 0 radical (unpaired) electrons. The van der Waals surface area contributed by atoms with Gasteiger partial charge in [0.1, 0.15) is 0 Å². The van der Waals surface area contributed by atoms with Crippen molar-refractivity contribution in [3.8, 4) is 5.69 Å². The van der Waals surface area contributed by atoms with Crippen LogP contribution in [0.25, 0.3) is 33.1 Å². The first-order valence-electron chi connectivity index (χ1n) is 8.88. The largest absolute Gasteiger partial charge is 0.309 e. The fourth-order valence-electron chi connectivity index (χ4n) is 3.53. The molecule has 0 saturated heterocycles. The molecule has 0 spiro atoms. The Labute approximate surface area is 154 Å². The van der Waals surface area contributed by atoms with Crippen LogP contribution in [0.2, 0.25) is 0 Å². The lowest BCUT2D eigenvalue weighted by atomic mass is 10.0.